The van der Waals surface area contributed by atoms with Crippen LogP contribution in [0.15, 0.2) is 4.42 Å². The van der Waals surface area contributed by atoms with Crippen molar-refractivity contribution < 1.29 is 13.9 Å². The lowest BCUT2D eigenvalue weighted by atomic mass is 9.92. The molecule has 25 heavy (non-hydrogen) atoms. The van der Waals surface area contributed by atoms with Crippen molar-refractivity contribution in [2.45, 2.75) is 40.7 Å². The standard InChI is InChI=1S/C18H26N4O3/c1-5-24-18(23)14-12(4)25-17-15(14)16(19)20-13(21-17)9-22-7-10(2)6-11(3)8-22/h10-11H,5-9H2,1-4H3,(H2,19,20,21)/t10-,11-/m1/s1. The summed E-state index contributed by atoms with van der Waals surface area (Å²) in [6.07, 6.45) is 1.25. The summed E-state index contributed by atoms with van der Waals surface area (Å²) in [5.41, 5.74) is 6.80. The summed E-state index contributed by atoms with van der Waals surface area (Å²) in [5, 5.41) is 0.445. The number of hydrogen-bond donors (Lipinski definition) is 1. The van der Waals surface area contributed by atoms with Gasteiger partial charge >= 0.3 is 5.97 Å². The van der Waals surface area contributed by atoms with Crippen LogP contribution in [0.4, 0.5) is 5.82 Å². The highest BCUT2D eigenvalue weighted by Crippen LogP contribution is 2.29. The third-order valence-electron chi connectivity index (χ3n) is 4.59. The molecule has 2 aromatic heterocycles. The zero-order valence-electron chi connectivity index (χ0n) is 15.3. The molecule has 2 atom stereocenters. The SMILES string of the molecule is CCOC(=O)c1c(C)oc2nc(CN3C[C@H](C)C[C@@H](C)C3)nc(N)c12. The number of hydrogen-bond acceptors (Lipinski definition) is 7. The number of furan rings is 1. The van der Waals surface area contributed by atoms with Crippen LogP contribution in [0.2, 0.25) is 0 Å². The number of carbonyl (C=O) groups is 1. The number of piperidine rings is 1. The van der Waals surface area contributed by atoms with Crippen molar-refractivity contribution in [2.75, 3.05) is 25.4 Å². The van der Waals surface area contributed by atoms with E-state index in [1.807, 2.05) is 0 Å². The average Bonchev–Trinajstić information content (AvgIpc) is 2.83. The number of nitrogens with zero attached hydrogens (tertiary/aromatic N) is 3. The maximum absolute atomic E-state index is 12.2. The van der Waals surface area contributed by atoms with E-state index in [2.05, 4.69) is 28.7 Å². The third-order valence-corrected chi connectivity index (χ3v) is 4.59. The first kappa shape index (κ1) is 17.7. The van der Waals surface area contributed by atoms with Crippen molar-refractivity contribution in [1.82, 2.24) is 14.9 Å². The molecular weight excluding hydrogens is 320 g/mol. The Morgan fingerprint density at radius 3 is 2.64 bits per heavy atom. The van der Waals surface area contributed by atoms with E-state index in [-0.39, 0.29) is 12.4 Å². The molecule has 0 amide bonds. The van der Waals surface area contributed by atoms with Gasteiger partial charge in [-0.3, -0.25) is 4.90 Å². The summed E-state index contributed by atoms with van der Waals surface area (Å²) in [6, 6.07) is 0. The van der Waals surface area contributed by atoms with Gasteiger partial charge in [-0.15, -0.1) is 0 Å². The van der Waals surface area contributed by atoms with Gasteiger partial charge in [-0.2, -0.15) is 4.98 Å². The van der Waals surface area contributed by atoms with Crippen LogP contribution >= 0.6 is 0 Å². The highest BCUT2D eigenvalue weighted by molar-refractivity contribution is 6.07. The lowest BCUT2D eigenvalue weighted by Crippen LogP contribution is -2.38. The average molecular weight is 346 g/mol. The molecule has 1 saturated heterocycles. The molecule has 0 spiro atoms. The predicted octanol–water partition coefficient (Wildman–Crippen LogP) is 2.77. The van der Waals surface area contributed by atoms with Crippen molar-refractivity contribution >= 4 is 22.9 Å². The molecule has 0 radical (unpaired) electrons. The Labute approximate surface area is 147 Å². The summed E-state index contributed by atoms with van der Waals surface area (Å²) in [6.45, 7) is 11.0. The smallest absolute Gasteiger partial charge is 0.342 e. The molecule has 2 N–H and O–H groups in total. The second-order valence-electron chi connectivity index (χ2n) is 7.10. The Kier molecular flexibility index (Phi) is 4.94. The fraction of sp³-hybridized carbons (Fsp3) is 0.611. The van der Waals surface area contributed by atoms with Gasteiger partial charge in [-0.05, 0) is 32.1 Å². The predicted molar refractivity (Wildman–Crippen MR) is 95.1 cm³/mol. The number of rotatable bonds is 4. The van der Waals surface area contributed by atoms with Gasteiger partial charge < -0.3 is 14.9 Å². The molecule has 0 bridgehead atoms. The topological polar surface area (TPSA) is 94.5 Å². The van der Waals surface area contributed by atoms with Gasteiger partial charge in [0.1, 0.15) is 23.0 Å². The fourth-order valence-electron chi connectivity index (χ4n) is 3.82. The van der Waals surface area contributed by atoms with Crippen LogP contribution in [-0.2, 0) is 11.3 Å². The van der Waals surface area contributed by atoms with E-state index in [9.17, 15) is 4.79 Å². The number of esters is 1. The van der Waals surface area contributed by atoms with Gasteiger partial charge in [0.2, 0.25) is 5.71 Å². The number of carbonyl (C=O) groups excluding carboxylic acids is 1. The molecule has 7 heteroatoms. The lowest BCUT2D eigenvalue weighted by Gasteiger charge is -2.34. The molecule has 1 aliphatic rings. The van der Waals surface area contributed by atoms with Gasteiger partial charge in [0, 0.05) is 13.1 Å². The highest BCUT2D eigenvalue weighted by Gasteiger charge is 2.26. The zero-order chi connectivity index (χ0) is 18.1. The van der Waals surface area contributed by atoms with Crippen molar-refractivity contribution in [3.63, 3.8) is 0 Å². The maximum atomic E-state index is 12.2. The number of likely N-dealkylation sites (tertiary alicyclic amines) is 1. The first-order valence-corrected chi connectivity index (χ1v) is 8.84. The number of aromatic nitrogens is 2. The van der Waals surface area contributed by atoms with Crippen LogP contribution in [0.25, 0.3) is 11.1 Å². The minimum absolute atomic E-state index is 0.262. The largest absolute Gasteiger partial charge is 0.462 e. The van der Waals surface area contributed by atoms with Gasteiger partial charge in [-0.1, -0.05) is 13.8 Å². The molecule has 1 aliphatic heterocycles. The quantitative estimate of drug-likeness (QED) is 0.851. The fourth-order valence-corrected chi connectivity index (χ4v) is 3.82. The number of anilines is 1. The van der Waals surface area contributed by atoms with Crippen LogP contribution in [0, 0.1) is 18.8 Å². The van der Waals surface area contributed by atoms with E-state index in [1.54, 1.807) is 13.8 Å². The van der Waals surface area contributed by atoms with E-state index >= 15 is 0 Å². The number of nitrogen functional groups attached to an aromatic ring is 1. The lowest BCUT2D eigenvalue weighted by molar-refractivity contribution is 0.0526. The second kappa shape index (κ2) is 7.00. The molecule has 136 valence electrons. The Morgan fingerprint density at radius 1 is 1.32 bits per heavy atom. The molecular formula is C18H26N4O3. The maximum Gasteiger partial charge on any atom is 0.342 e. The van der Waals surface area contributed by atoms with Gasteiger partial charge in [-0.25, -0.2) is 9.78 Å². The van der Waals surface area contributed by atoms with Crippen LogP contribution < -0.4 is 5.73 Å². The minimum atomic E-state index is -0.458. The highest BCUT2D eigenvalue weighted by atomic mass is 16.5. The van der Waals surface area contributed by atoms with E-state index in [0.29, 0.717) is 46.6 Å². The van der Waals surface area contributed by atoms with Crippen LogP contribution in [-0.4, -0.2) is 40.5 Å². The molecule has 3 heterocycles. The first-order chi connectivity index (χ1) is 11.9. The number of ether oxygens (including phenoxy) is 1. The van der Waals surface area contributed by atoms with Crippen LogP contribution in [0.1, 0.15) is 49.1 Å². The van der Waals surface area contributed by atoms with Crippen LogP contribution in [0.5, 0.6) is 0 Å². The Hall–Kier alpha value is -2.15. The Bertz CT molecular complexity index is 776. The van der Waals surface area contributed by atoms with E-state index in [1.165, 1.54) is 6.42 Å². The molecule has 2 aromatic rings. The molecule has 7 nitrogen and oxygen atoms in total. The van der Waals surface area contributed by atoms with Crippen molar-refractivity contribution in [2.24, 2.45) is 11.8 Å². The Morgan fingerprint density at radius 2 is 2.00 bits per heavy atom. The zero-order valence-corrected chi connectivity index (χ0v) is 15.3. The van der Waals surface area contributed by atoms with Crippen molar-refractivity contribution in [1.29, 1.82) is 0 Å². The van der Waals surface area contributed by atoms with E-state index in [0.717, 1.165) is 13.1 Å². The van der Waals surface area contributed by atoms with Gasteiger partial charge in [0.05, 0.1) is 18.5 Å². The van der Waals surface area contributed by atoms with E-state index < -0.39 is 5.97 Å². The third kappa shape index (κ3) is 3.61. The number of fused-ring (bicyclic) bond motifs is 1. The monoisotopic (exact) mass is 346 g/mol. The molecule has 0 aromatic carbocycles. The number of nitrogens with two attached hydrogens (primary N) is 1. The van der Waals surface area contributed by atoms with Crippen molar-refractivity contribution in [3.8, 4) is 0 Å². The second-order valence-corrected chi connectivity index (χ2v) is 7.10. The molecule has 0 unspecified atom stereocenters. The summed E-state index contributed by atoms with van der Waals surface area (Å²) in [7, 11) is 0. The molecule has 0 saturated carbocycles. The summed E-state index contributed by atoms with van der Waals surface area (Å²) in [5.74, 6) is 2.19. The molecule has 1 fully saturated rings. The van der Waals surface area contributed by atoms with Gasteiger partial charge in [0.25, 0.3) is 0 Å². The summed E-state index contributed by atoms with van der Waals surface area (Å²) < 4.78 is 10.8. The minimum Gasteiger partial charge on any atom is -0.462 e. The van der Waals surface area contributed by atoms with E-state index in [4.69, 9.17) is 14.9 Å². The molecule has 3 rings (SSSR count). The summed E-state index contributed by atoms with van der Waals surface area (Å²) >= 11 is 0. The van der Waals surface area contributed by atoms with Gasteiger partial charge in [0.15, 0.2) is 0 Å². The molecule has 0 aliphatic carbocycles. The van der Waals surface area contributed by atoms with Crippen molar-refractivity contribution in [3.05, 3.63) is 17.1 Å². The summed E-state index contributed by atoms with van der Waals surface area (Å²) in [4.78, 5) is 23.4. The Balaban J connectivity index is 1.91. The first-order valence-electron chi connectivity index (χ1n) is 8.84. The normalized spacial score (nSPS) is 21.6. The number of aryl methyl sites for hydroxylation is 1. The van der Waals surface area contributed by atoms with Crippen LogP contribution in [0.3, 0.4) is 0 Å².